The number of rotatable bonds is 2. The smallest absolute Gasteiger partial charge is 0.331 e. The number of urea groups is 1. The van der Waals surface area contributed by atoms with E-state index in [4.69, 9.17) is 0 Å². The number of carbonyl (C=O) groups excluding carboxylic acids is 4. The zero-order chi connectivity index (χ0) is 15.2. The molecule has 2 aliphatic heterocycles. The molecule has 1 unspecified atom stereocenters. The fourth-order valence-electron chi connectivity index (χ4n) is 3.10. The van der Waals surface area contributed by atoms with Crippen molar-refractivity contribution in [2.24, 2.45) is 5.41 Å². The maximum absolute atomic E-state index is 12.5. The minimum absolute atomic E-state index is 0.219. The molecule has 0 aromatic carbocycles. The first-order chi connectivity index (χ1) is 9.97. The van der Waals surface area contributed by atoms with Crippen LogP contribution >= 0.6 is 0 Å². The highest BCUT2D eigenvalue weighted by Crippen LogP contribution is 2.49. The number of piperidine rings is 1. The minimum atomic E-state index is -1.09. The van der Waals surface area contributed by atoms with E-state index in [9.17, 15) is 19.2 Å². The number of likely N-dealkylation sites (tertiary alicyclic amines) is 1. The highest BCUT2D eigenvalue weighted by Gasteiger charge is 2.63. The van der Waals surface area contributed by atoms with E-state index in [1.54, 1.807) is 11.8 Å². The molecular formula is C14H19N3O4. The zero-order valence-electron chi connectivity index (χ0n) is 12.1. The van der Waals surface area contributed by atoms with Gasteiger partial charge in [0.2, 0.25) is 17.7 Å². The van der Waals surface area contributed by atoms with Crippen molar-refractivity contribution in [1.82, 2.24) is 15.1 Å². The molecule has 3 aliphatic rings. The molecule has 7 nitrogen and oxygen atoms in total. The number of imide groups is 2. The summed E-state index contributed by atoms with van der Waals surface area (Å²) in [5.74, 6) is -1.26. The number of hydrogen-bond donors (Lipinski definition) is 1. The molecule has 21 heavy (non-hydrogen) atoms. The minimum Gasteiger partial charge on any atom is -0.341 e. The van der Waals surface area contributed by atoms with Crippen LogP contribution < -0.4 is 5.32 Å². The molecule has 1 spiro atoms. The van der Waals surface area contributed by atoms with Gasteiger partial charge < -0.3 is 4.90 Å². The second-order valence-electron chi connectivity index (χ2n) is 6.08. The summed E-state index contributed by atoms with van der Waals surface area (Å²) < 4.78 is 0. The zero-order valence-corrected chi connectivity index (χ0v) is 12.1. The fourth-order valence-corrected chi connectivity index (χ4v) is 3.10. The molecule has 0 radical (unpaired) electrons. The number of amides is 5. The molecule has 7 heteroatoms. The van der Waals surface area contributed by atoms with E-state index in [1.807, 2.05) is 0 Å². The molecule has 1 atom stereocenters. The molecule has 114 valence electrons. The van der Waals surface area contributed by atoms with E-state index in [1.165, 1.54) is 0 Å². The Labute approximate surface area is 122 Å². The highest BCUT2D eigenvalue weighted by atomic mass is 16.2. The summed E-state index contributed by atoms with van der Waals surface area (Å²) >= 11 is 0. The predicted octanol–water partition coefficient (Wildman–Crippen LogP) is 0.246. The lowest BCUT2D eigenvalue weighted by molar-refractivity contribution is -0.151. The van der Waals surface area contributed by atoms with Crippen LogP contribution in [0.3, 0.4) is 0 Å². The van der Waals surface area contributed by atoms with Crippen LogP contribution in [0.15, 0.2) is 0 Å². The summed E-state index contributed by atoms with van der Waals surface area (Å²) in [6.07, 6.45) is 3.89. The van der Waals surface area contributed by atoms with E-state index in [0.717, 1.165) is 24.2 Å². The summed E-state index contributed by atoms with van der Waals surface area (Å²) in [5, 5.41) is 2.21. The van der Waals surface area contributed by atoms with E-state index in [0.29, 0.717) is 25.9 Å². The number of nitrogens with zero attached hydrogens (tertiary/aromatic N) is 2. The van der Waals surface area contributed by atoms with Crippen LogP contribution in [0.1, 0.15) is 39.0 Å². The summed E-state index contributed by atoms with van der Waals surface area (Å²) in [5.41, 5.74) is -1.09. The fraction of sp³-hybridized carbons (Fsp3) is 0.714. The van der Waals surface area contributed by atoms with Crippen molar-refractivity contribution in [2.75, 3.05) is 13.1 Å². The van der Waals surface area contributed by atoms with Crippen molar-refractivity contribution in [3.05, 3.63) is 0 Å². The van der Waals surface area contributed by atoms with E-state index in [-0.39, 0.29) is 5.91 Å². The molecule has 2 heterocycles. The average Bonchev–Trinajstić information content (AvgIpc) is 3.27. The predicted molar refractivity (Wildman–Crippen MR) is 71.9 cm³/mol. The third-order valence-corrected chi connectivity index (χ3v) is 4.66. The molecule has 0 aromatic heterocycles. The van der Waals surface area contributed by atoms with Crippen LogP contribution in [0.2, 0.25) is 0 Å². The Bertz CT molecular complexity index is 520. The normalized spacial score (nSPS) is 25.9. The van der Waals surface area contributed by atoms with Crippen LogP contribution in [0.4, 0.5) is 4.79 Å². The Balaban J connectivity index is 1.78. The average molecular weight is 293 g/mol. The number of hydrogen-bond acceptors (Lipinski definition) is 4. The monoisotopic (exact) mass is 293 g/mol. The molecule has 0 bridgehead atoms. The Kier molecular flexibility index (Phi) is 3.22. The van der Waals surface area contributed by atoms with Crippen molar-refractivity contribution in [1.29, 1.82) is 0 Å². The lowest BCUT2D eigenvalue weighted by atomic mass is 10.00. The van der Waals surface area contributed by atoms with Crippen LogP contribution in [0.5, 0.6) is 0 Å². The second kappa shape index (κ2) is 4.82. The topological polar surface area (TPSA) is 86.8 Å². The van der Waals surface area contributed by atoms with Gasteiger partial charge in [-0.25, -0.2) is 4.79 Å². The lowest BCUT2D eigenvalue weighted by Gasteiger charge is -2.37. The van der Waals surface area contributed by atoms with Crippen LogP contribution in [-0.2, 0) is 14.4 Å². The standard InChI is InChI=1S/C14H19N3O4/c1-9(10(18)16-7-3-2-4-8-16)17-12(20)14(5-6-14)11(19)15-13(17)21/h9H,2-8H2,1H3,(H,15,19,21). The summed E-state index contributed by atoms with van der Waals surface area (Å²) in [7, 11) is 0. The maximum atomic E-state index is 12.5. The molecule has 1 saturated carbocycles. The van der Waals surface area contributed by atoms with Crippen molar-refractivity contribution < 1.29 is 19.2 Å². The Morgan fingerprint density at radius 3 is 2.33 bits per heavy atom. The van der Waals surface area contributed by atoms with Crippen LogP contribution in [0, 0.1) is 5.41 Å². The van der Waals surface area contributed by atoms with Crippen molar-refractivity contribution in [3.63, 3.8) is 0 Å². The third-order valence-electron chi connectivity index (χ3n) is 4.66. The quantitative estimate of drug-likeness (QED) is 0.739. The lowest BCUT2D eigenvalue weighted by Crippen LogP contribution is -2.64. The van der Waals surface area contributed by atoms with Gasteiger partial charge in [-0.3, -0.25) is 24.6 Å². The second-order valence-corrected chi connectivity index (χ2v) is 6.08. The number of barbiturate groups is 1. The Morgan fingerprint density at radius 2 is 1.76 bits per heavy atom. The number of carbonyl (C=O) groups is 4. The van der Waals surface area contributed by atoms with Gasteiger partial charge in [0.25, 0.3) is 0 Å². The maximum Gasteiger partial charge on any atom is 0.331 e. The van der Waals surface area contributed by atoms with Crippen LogP contribution in [0.25, 0.3) is 0 Å². The highest BCUT2D eigenvalue weighted by molar-refractivity contribution is 6.21. The van der Waals surface area contributed by atoms with E-state index in [2.05, 4.69) is 5.32 Å². The molecular weight excluding hydrogens is 274 g/mol. The number of nitrogens with one attached hydrogen (secondary N) is 1. The van der Waals surface area contributed by atoms with Gasteiger partial charge in [-0.15, -0.1) is 0 Å². The molecule has 3 rings (SSSR count). The van der Waals surface area contributed by atoms with Gasteiger partial charge in [0.1, 0.15) is 11.5 Å². The molecule has 1 aliphatic carbocycles. The Hall–Kier alpha value is -1.92. The first-order valence-corrected chi connectivity index (χ1v) is 7.45. The van der Waals surface area contributed by atoms with Gasteiger partial charge in [0.05, 0.1) is 0 Å². The van der Waals surface area contributed by atoms with Gasteiger partial charge in [0.15, 0.2) is 0 Å². The summed E-state index contributed by atoms with van der Waals surface area (Å²) in [6, 6.07) is -1.64. The summed E-state index contributed by atoms with van der Waals surface area (Å²) in [6.45, 7) is 2.88. The largest absolute Gasteiger partial charge is 0.341 e. The van der Waals surface area contributed by atoms with Gasteiger partial charge >= 0.3 is 6.03 Å². The molecule has 5 amide bonds. The molecule has 0 aromatic rings. The van der Waals surface area contributed by atoms with Gasteiger partial charge in [0, 0.05) is 13.1 Å². The molecule has 1 N–H and O–H groups in total. The first-order valence-electron chi connectivity index (χ1n) is 7.45. The van der Waals surface area contributed by atoms with Crippen LogP contribution in [-0.4, -0.2) is 52.7 Å². The molecule has 2 saturated heterocycles. The van der Waals surface area contributed by atoms with E-state index >= 15 is 0 Å². The third kappa shape index (κ3) is 2.11. The SMILES string of the molecule is CC(C(=O)N1CCCCC1)N1C(=O)NC(=O)C2(CC2)C1=O. The first kappa shape index (κ1) is 14.0. The summed E-state index contributed by atoms with van der Waals surface area (Å²) in [4.78, 5) is 51.3. The van der Waals surface area contributed by atoms with Gasteiger partial charge in [-0.05, 0) is 39.0 Å². The van der Waals surface area contributed by atoms with Gasteiger partial charge in [-0.2, -0.15) is 0 Å². The van der Waals surface area contributed by atoms with Crippen molar-refractivity contribution in [2.45, 2.75) is 45.1 Å². The van der Waals surface area contributed by atoms with Gasteiger partial charge in [-0.1, -0.05) is 0 Å². The Morgan fingerprint density at radius 1 is 1.14 bits per heavy atom. The van der Waals surface area contributed by atoms with Crippen molar-refractivity contribution >= 4 is 23.8 Å². The molecule has 3 fully saturated rings. The van der Waals surface area contributed by atoms with Crippen molar-refractivity contribution in [3.8, 4) is 0 Å². The van der Waals surface area contributed by atoms with E-state index < -0.39 is 29.3 Å².